The molecule has 0 radical (unpaired) electrons. The van der Waals surface area contributed by atoms with Gasteiger partial charge in [-0.05, 0) is 61.2 Å². The first-order valence-electron chi connectivity index (χ1n) is 9.68. The van der Waals surface area contributed by atoms with E-state index in [9.17, 15) is 8.78 Å². The summed E-state index contributed by atoms with van der Waals surface area (Å²) in [6.07, 6.45) is -0.312. The zero-order chi connectivity index (χ0) is 20.4. The molecule has 2 saturated heterocycles. The maximum atomic E-state index is 13.0. The Kier molecular flexibility index (Phi) is 6.27. The molecule has 29 heavy (non-hydrogen) atoms. The maximum absolute atomic E-state index is 13.0. The Balaban J connectivity index is 1.34. The van der Waals surface area contributed by atoms with Crippen molar-refractivity contribution in [3.63, 3.8) is 0 Å². The topological polar surface area (TPSA) is 22.6 Å². The molecule has 4 nitrogen and oxygen atoms in total. The number of allylic oxidation sites excluding steroid dienone is 1. The number of nitrogens with zero attached hydrogens (tertiary/aromatic N) is 4. The number of halogens is 3. The molecule has 0 atom stereocenters. The summed E-state index contributed by atoms with van der Waals surface area (Å²) in [5.74, 6) is 0.521. The van der Waals surface area contributed by atoms with Crippen LogP contribution in [0.3, 0.4) is 0 Å². The number of rotatable bonds is 5. The van der Waals surface area contributed by atoms with Crippen LogP contribution in [0.5, 0.6) is 0 Å². The molecule has 2 fully saturated rings. The third-order valence-corrected chi connectivity index (χ3v) is 6.53. The van der Waals surface area contributed by atoms with Crippen molar-refractivity contribution in [1.29, 1.82) is 0 Å². The Bertz CT molecular complexity index is 869. The van der Waals surface area contributed by atoms with Gasteiger partial charge in [0.2, 0.25) is 0 Å². The van der Waals surface area contributed by atoms with Crippen LogP contribution in [-0.2, 0) is 0 Å². The summed E-state index contributed by atoms with van der Waals surface area (Å²) in [6.45, 7) is 8.23. The molecule has 0 bridgehead atoms. The molecule has 8 heteroatoms. The predicted molar refractivity (Wildman–Crippen MR) is 116 cm³/mol. The maximum Gasteiger partial charge on any atom is 0.264 e. The van der Waals surface area contributed by atoms with Crippen molar-refractivity contribution in [2.45, 2.75) is 24.2 Å². The number of alkyl halides is 2. The van der Waals surface area contributed by atoms with Crippen LogP contribution in [0.2, 0.25) is 5.15 Å². The first kappa shape index (κ1) is 20.4. The normalized spacial score (nSPS) is 18.1. The molecule has 0 amide bonds. The molecule has 1 aromatic carbocycles. The summed E-state index contributed by atoms with van der Waals surface area (Å²) in [4.78, 5) is 9.70. The minimum Gasteiger partial charge on any atom is -0.354 e. The van der Waals surface area contributed by atoms with Gasteiger partial charge in [-0.25, -0.2) is 18.1 Å². The molecule has 0 aliphatic carbocycles. The molecule has 2 aliphatic heterocycles. The minimum absolute atomic E-state index is 0.0856. The van der Waals surface area contributed by atoms with Crippen LogP contribution in [0.25, 0.3) is 0 Å². The van der Waals surface area contributed by atoms with E-state index < -0.39 is 6.43 Å². The van der Waals surface area contributed by atoms with Gasteiger partial charge in [0.25, 0.3) is 6.43 Å². The zero-order valence-electron chi connectivity index (χ0n) is 16.0. The van der Waals surface area contributed by atoms with Crippen molar-refractivity contribution in [3.05, 3.63) is 59.4 Å². The van der Waals surface area contributed by atoms with Gasteiger partial charge in [0.15, 0.2) is 0 Å². The lowest BCUT2D eigenvalue weighted by Crippen LogP contribution is -2.43. The van der Waals surface area contributed by atoms with Crippen molar-refractivity contribution in [2.24, 2.45) is 0 Å². The molecule has 1 aromatic heterocycles. The van der Waals surface area contributed by atoms with Crippen molar-refractivity contribution >= 4 is 35.1 Å². The average Bonchev–Trinajstić information content (AvgIpc) is 3.14. The van der Waals surface area contributed by atoms with Gasteiger partial charge in [-0.1, -0.05) is 18.2 Å². The van der Waals surface area contributed by atoms with Crippen LogP contribution in [0.15, 0.2) is 53.6 Å². The van der Waals surface area contributed by atoms with Crippen molar-refractivity contribution in [2.75, 3.05) is 42.5 Å². The van der Waals surface area contributed by atoms with Gasteiger partial charge < -0.3 is 9.80 Å². The van der Waals surface area contributed by atoms with Crippen LogP contribution < -0.4 is 9.80 Å². The highest BCUT2D eigenvalue weighted by Gasteiger charge is 2.21. The van der Waals surface area contributed by atoms with E-state index in [-0.39, 0.29) is 10.7 Å². The molecular formula is C21H23ClF2N4S. The van der Waals surface area contributed by atoms with Crippen LogP contribution in [0, 0.1) is 0 Å². The molecule has 0 saturated carbocycles. The fraction of sp³-hybridized carbons (Fsp3) is 0.381. The van der Waals surface area contributed by atoms with Gasteiger partial charge in [-0.3, -0.25) is 0 Å². The van der Waals surface area contributed by atoms with E-state index in [0.29, 0.717) is 18.9 Å². The number of pyridine rings is 1. The van der Waals surface area contributed by atoms with Gasteiger partial charge >= 0.3 is 0 Å². The summed E-state index contributed by atoms with van der Waals surface area (Å²) in [5.41, 5.74) is 2.30. The third-order valence-electron chi connectivity index (χ3n) is 5.23. The summed E-state index contributed by atoms with van der Waals surface area (Å²) in [6, 6.07) is 11.2. The second kappa shape index (κ2) is 8.90. The molecule has 3 heterocycles. The molecule has 2 aliphatic rings. The molecule has 0 N–H and O–H groups in total. The first-order valence-corrected chi connectivity index (χ1v) is 10.8. The summed E-state index contributed by atoms with van der Waals surface area (Å²) >= 11 is 7.65. The van der Waals surface area contributed by atoms with Crippen LogP contribution >= 0.6 is 23.5 Å². The molecule has 4 rings (SSSR count). The average molecular weight is 437 g/mol. The lowest BCUT2D eigenvalue weighted by molar-refractivity contribution is 0.151. The van der Waals surface area contributed by atoms with Gasteiger partial charge in [0, 0.05) is 54.6 Å². The Morgan fingerprint density at radius 2 is 1.76 bits per heavy atom. The Labute approximate surface area is 179 Å². The van der Waals surface area contributed by atoms with Gasteiger partial charge in [-0.2, -0.15) is 0 Å². The van der Waals surface area contributed by atoms with Crippen LogP contribution in [0.1, 0.15) is 24.8 Å². The van der Waals surface area contributed by atoms with Gasteiger partial charge in [0.1, 0.15) is 11.0 Å². The summed E-state index contributed by atoms with van der Waals surface area (Å²) < 4.78 is 28.3. The highest BCUT2D eigenvalue weighted by atomic mass is 35.5. The number of anilines is 2. The number of benzene rings is 1. The SMILES string of the molecule is C=C1CCCN1c1ccc(SN2CCN(c3cc(C(F)F)cc(Cl)n3)CC2)cc1. The number of hydrogen-bond acceptors (Lipinski definition) is 5. The van der Waals surface area contributed by atoms with Crippen molar-refractivity contribution < 1.29 is 8.78 Å². The monoisotopic (exact) mass is 436 g/mol. The molecular weight excluding hydrogens is 414 g/mol. The fourth-order valence-electron chi connectivity index (χ4n) is 3.68. The standard InChI is InChI=1S/C21H23ClF2N4S/c1-15-3-2-8-28(15)17-4-6-18(7-5-17)29-27-11-9-26(10-12-27)20-14-16(21(23)24)13-19(22)25-20/h4-7,13-14,21H,1-3,8-12H2. The predicted octanol–water partition coefficient (Wildman–Crippen LogP) is 5.62. The Morgan fingerprint density at radius 3 is 2.38 bits per heavy atom. The molecule has 0 unspecified atom stereocenters. The van der Waals surface area contributed by atoms with E-state index in [2.05, 4.69) is 45.0 Å². The number of aromatic nitrogens is 1. The fourth-order valence-corrected chi connectivity index (χ4v) is 4.80. The zero-order valence-corrected chi connectivity index (χ0v) is 17.6. The van der Waals surface area contributed by atoms with E-state index in [1.54, 1.807) is 11.9 Å². The second-order valence-corrected chi connectivity index (χ2v) is 8.76. The Hall–Kier alpha value is -1.83. The van der Waals surface area contributed by atoms with E-state index in [1.807, 2.05) is 4.90 Å². The molecule has 2 aromatic rings. The van der Waals surface area contributed by atoms with Crippen LogP contribution in [0.4, 0.5) is 20.3 Å². The lowest BCUT2D eigenvalue weighted by Gasteiger charge is -2.34. The highest BCUT2D eigenvalue weighted by molar-refractivity contribution is 7.97. The highest BCUT2D eigenvalue weighted by Crippen LogP contribution is 2.31. The second-order valence-electron chi connectivity index (χ2n) is 7.20. The van der Waals surface area contributed by atoms with Gasteiger partial charge in [0.05, 0.1) is 0 Å². The summed E-state index contributed by atoms with van der Waals surface area (Å²) in [5, 5.41) is 0.107. The molecule has 0 spiro atoms. The smallest absolute Gasteiger partial charge is 0.264 e. The number of hydrogen-bond donors (Lipinski definition) is 0. The minimum atomic E-state index is -2.55. The van der Waals surface area contributed by atoms with Crippen LogP contribution in [-0.4, -0.2) is 42.0 Å². The van der Waals surface area contributed by atoms with Crippen molar-refractivity contribution in [3.8, 4) is 0 Å². The Morgan fingerprint density at radius 1 is 1.03 bits per heavy atom. The van der Waals surface area contributed by atoms with Gasteiger partial charge in [-0.15, -0.1) is 0 Å². The summed E-state index contributed by atoms with van der Waals surface area (Å²) in [7, 11) is 0. The van der Waals surface area contributed by atoms with E-state index >= 15 is 0 Å². The first-order chi connectivity index (χ1) is 14.0. The van der Waals surface area contributed by atoms with E-state index in [4.69, 9.17) is 11.6 Å². The van der Waals surface area contributed by atoms with E-state index in [1.165, 1.54) is 34.8 Å². The third kappa shape index (κ3) is 4.85. The largest absolute Gasteiger partial charge is 0.354 e. The molecule has 154 valence electrons. The number of piperazine rings is 1. The van der Waals surface area contributed by atoms with Crippen molar-refractivity contribution in [1.82, 2.24) is 9.29 Å². The van der Waals surface area contributed by atoms with E-state index in [0.717, 1.165) is 26.1 Å². The quantitative estimate of drug-likeness (QED) is 0.447. The lowest BCUT2D eigenvalue weighted by atomic mass is 10.2.